The number of para-hydroxylation sites is 1. The molecule has 0 fully saturated rings. The molecule has 0 aromatic heterocycles. The van der Waals surface area contributed by atoms with E-state index in [4.69, 9.17) is 0 Å². The fourth-order valence-corrected chi connectivity index (χ4v) is 2.27. The van der Waals surface area contributed by atoms with E-state index in [0.717, 1.165) is 0 Å². The van der Waals surface area contributed by atoms with E-state index >= 15 is 0 Å². The van der Waals surface area contributed by atoms with Gasteiger partial charge >= 0.3 is 0 Å². The minimum atomic E-state index is -2.93. The molecule has 108 valence electrons. The Morgan fingerprint density at radius 2 is 1.95 bits per heavy atom. The number of likely N-dealkylation sites (N-methyl/N-ethyl adjacent to an activating group) is 1. The van der Waals surface area contributed by atoms with Crippen molar-refractivity contribution in [3.05, 3.63) is 30.1 Å². The van der Waals surface area contributed by atoms with Gasteiger partial charge in [-0.3, -0.25) is 0 Å². The van der Waals surface area contributed by atoms with E-state index in [1.54, 1.807) is 18.2 Å². The second-order valence-electron chi connectivity index (χ2n) is 4.41. The van der Waals surface area contributed by atoms with Crippen LogP contribution in [0.4, 0.5) is 10.1 Å². The van der Waals surface area contributed by atoms with E-state index in [9.17, 15) is 12.8 Å². The van der Waals surface area contributed by atoms with Crippen molar-refractivity contribution in [1.29, 1.82) is 0 Å². The lowest BCUT2D eigenvalue weighted by molar-refractivity contribution is 0.594. The summed E-state index contributed by atoms with van der Waals surface area (Å²) in [6.07, 6.45) is 1.21. The zero-order valence-electron chi connectivity index (χ0n) is 11.4. The van der Waals surface area contributed by atoms with Crippen molar-refractivity contribution < 1.29 is 12.8 Å². The SMILES string of the molecule is CCN(CCNCCS(C)(=O)=O)c1ccccc1F. The summed E-state index contributed by atoms with van der Waals surface area (Å²) in [5.74, 6) is -0.112. The number of benzene rings is 1. The summed E-state index contributed by atoms with van der Waals surface area (Å²) in [7, 11) is -2.93. The molecule has 0 atom stereocenters. The van der Waals surface area contributed by atoms with Crippen molar-refractivity contribution in [3.8, 4) is 0 Å². The highest BCUT2D eigenvalue weighted by molar-refractivity contribution is 7.90. The van der Waals surface area contributed by atoms with Gasteiger partial charge in [0, 0.05) is 32.4 Å². The standard InChI is InChI=1S/C13H21FN2O2S/c1-3-16(13-7-5-4-6-12(13)14)10-8-15-9-11-19(2,17)18/h4-7,15H,3,8-11H2,1-2H3. The molecule has 1 aromatic rings. The second kappa shape index (κ2) is 7.45. The Kier molecular flexibility index (Phi) is 6.24. The molecule has 0 aliphatic rings. The predicted octanol–water partition coefficient (Wildman–Crippen LogP) is 1.29. The molecule has 0 saturated heterocycles. The number of nitrogens with one attached hydrogen (secondary N) is 1. The summed E-state index contributed by atoms with van der Waals surface area (Å²) in [5, 5.41) is 3.05. The van der Waals surface area contributed by atoms with Crippen LogP contribution in [0.1, 0.15) is 6.92 Å². The third kappa shape index (κ3) is 6.02. The molecular weight excluding hydrogens is 267 g/mol. The first-order valence-corrected chi connectivity index (χ1v) is 8.38. The van der Waals surface area contributed by atoms with E-state index < -0.39 is 9.84 Å². The molecule has 0 aliphatic heterocycles. The lowest BCUT2D eigenvalue weighted by atomic mass is 10.2. The van der Waals surface area contributed by atoms with Gasteiger partial charge in [0.15, 0.2) is 0 Å². The molecule has 0 saturated carbocycles. The minimum Gasteiger partial charge on any atom is -0.368 e. The van der Waals surface area contributed by atoms with Crippen LogP contribution in [0, 0.1) is 5.82 Å². The van der Waals surface area contributed by atoms with E-state index in [0.29, 0.717) is 31.9 Å². The third-order valence-electron chi connectivity index (χ3n) is 2.78. The maximum absolute atomic E-state index is 13.6. The third-order valence-corrected chi connectivity index (χ3v) is 3.73. The largest absolute Gasteiger partial charge is 0.368 e. The molecule has 0 bridgehead atoms. The Morgan fingerprint density at radius 1 is 1.26 bits per heavy atom. The molecule has 0 radical (unpaired) electrons. The van der Waals surface area contributed by atoms with Gasteiger partial charge in [0.1, 0.15) is 15.7 Å². The number of nitrogens with zero attached hydrogens (tertiary/aromatic N) is 1. The fraction of sp³-hybridized carbons (Fsp3) is 0.538. The first kappa shape index (κ1) is 15.9. The van der Waals surface area contributed by atoms with Crippen LogP contribution in [0.5, 0.6) is 0 Å². The first-order valence-electron chi connectivity index (χ1n) is 6.32. The van der Waals surface area contributed by atoms with E-state index in [2.05, 4.69) is 5.32 Å². The normalized spacial score (nSPS) is 11.5. The summed E-state index contributed by atoms with van der Waals surface area (Å²) in [4.78, 5) is 1.92. The maximum atomic E-state index is 13.6. The van der Waals surface area contributed by atoms with Crippen molar-refractivity contribution in [2.45, 2.75) is 6.92 Å². The van der Waals surface area contributed by atoms with Crippen LogP contribution in [0.2, 0.25) is 0 Å². The smallest absolute Gasteiger partial charge is 0.148 e. The van der Waals surface area contributed by atoms with E-state index in [1.165, 1.54) is 12.3 Å². The van der Waals surface area contributed by atoms with E-state index in [-0.39, 0.29) is 11.6 Å². The topological polar surface area (TPSA) is 49.4 Å². The summed E-state index contributed by atoms with van der Waals surface area (Å²) in [5.41, 5.74) is 0.579. The highest BCUT2D eigenvalue weighted by Crippen LogP contribution is 2.17. The van der Waals surface area contributed by atoms with Gasteiger partial charge in [-0.15, -0.1) is 0 Å². The highest BCUT2D eigenvalue weighted by atomic mass is 32.2. The molecule has 4 nitrogen and oxygen atoms in total. The van der Waals surface area contributed by atoms with Crippen molar-refractivity contribution in [2.75, 3.05) is 43.1 Å². The fourth-order valence-electron chi connectivity index (χ4n) is 1.75. The highest BCUT2D eigenvalue weighted by Gasteiger charge is 2.08. The van der Waals surface area contributed by atoms with Crippen LogP contribution in [-0.4, -0.2) is 46.6 Å². The lowest BCUT2D eigenvalue weighted by Crippen LogP contribution is -2.34. The van der Waals surface area contributed by atoms with Gasteiger partial charge in [-0.1, -0.05) is 12.1 Å². The van der Waals surface area contributed by atoms with Gasteiger partial charge in [0.2, 0.25) is 0 Å². The zero-order chi connectivity index (χ0) is 14.3. The van der Waals surface area contributed by atoms with Crippen LogP contribution in [-0.2, 0) is 9.84 Å². The Hall–Kier alpha value is -1.14. The number of anilines is 1. The van der Waals surface area contributed by atoms with Crippen molar-refractivity contribution in [3.63, 3.8) is 0 Å². The van der Waals surface area contributed by atoms with E-state index in [1.807, 2.05) is 11.8 Å². The number of halogens is 1. The van der Waals surface area contributed by atoms with Gasteiger partial charge in [-0.05, 0) is 19.1 Å². The second-order valence-corrected chi connectivity index (χ2v) is 6.67. The van der Waals surface area contributed by atoms with Gasteiger partial charge in [0.05, 0.1) is 11.4 Å². The number of hydrogen-bond donors (Lipinski definition) is 1. The lowest BCUT2D eigenvalue weighted by Gasteiger charge is -2.23. The molecule has 1 N–H and O–H groups in total. The van der Waals surface area contributed by atoms with Crippen LogP contribution >= 0.6 is 0 Å². The molecule has 0 spiro atoms. The van der Waals surface area contributed by atoms with Gasteiger partial charge in [0.25, 0.3) is 0 Å². The monoisotopic (exact) mass is 288 g/mol. The van der Waals surface area contributed by atoms with Crippen molar-refractivity contribution >= 4 is 15.5 Å². The quantitative estimate of drug-likeness (QED) is 0.732. The van der Waals surface area contributed by atoms with Crippen LogP contribution in [0.25, 0.3) is 0 Å². The van der Waals surface area contributed by atoms with Gasteiger partial charge in [-0.25, -0.2) is 12.8 Å². The first-order chi connectivity index (χ1) is 8.94. The maximum Gasteiger partial charge on any atom is 0.148 e. The summed E-state index contributed by atoms with van der Waals surface area (Å²) in [6.45, 7) is 4.35. The van der Waals surface area contributed by atoms with Crippen molar-refractivity contribution in [2.24, 2.45) is 0 Å². The zero-order valence-corrected chi connectivity index (χ0v) is 12.2. The van der Waals surface area contributed by atoms with Gasteiger partial charge in [-0.2, -0.15) is 0 Å². The molecule has 0 amide bonds. The molecule has 1 rings (SSSR count). The Balaban J connectivity index is 2.40. The average Bonchev–Trinajstić information content (AvgIpc) is 2.34. The summed E-state index contributed by atoms with van der Waals surface area (Å²) < 4.78 is 35.5. The molecular formula is C13H21FN2O2S. The minimum absolute atomic E-state index is 0.124. The number of sulfone groups is 1. The summed E-state index contributed by atoms with van der Waals surface area (Å²) >= 11 is 0. The molecule has 0 aliphatic carbocycles. The molecule has 0 heterocycles. The number of rotatable bonds is 8. The van der Waals surface area contributed by atoms with Gasteiger partial charge < -0.3 is 10.2 Å². The predicted molar refractivity (Wildman–Crippen MR) is 76.9 cm³/mol. The Morgan fingerprint density at radius 3 is 2.53 bits per heavy atom. The molecule has 0 unspecified atom stereocenters. The van der Waals surface area contributed by atoms with Crippen molar-refractivity contribution in [1.82, 2.24) is 5.32 Å². The number of hydrogen-bond acceptors (Lipinski definition) is 4. The average molecular weight is 288 g/mol. The molecule has 6 heteroatoms. The Labute approximate surface area is 114 Å². The van der Waals surface area contributed by atoms with Crippen LogP contribution < -0.4 is 10.2 Å². The molecule has 19 heavy (non-hydrogen) atoms. The van der Waals surface area contributed by atoms with Crippen LogP contribution in [0.15, 0.2) is 24.3 Å². The Bertz CT molecular complexity index is 491. The van der Waals surface area contributed by atoms with Crippen LogP contribution in [0.3, 0.4) is 0 Å². The molecule has 1 aromatic carbocycles. The summed E-state index contributed by atoms with van der Waals surface area (Å²) in [6, 6.07) is 6.65.